The van der Waals surface area contributed by atoms with E-state index in [1.54, 1.807) is 4.90 Å². The number of aromatic nitrogens is 5. The van der Waals surface area contributed by atoms with Gasteiger partial charge in [0.05, 0.1) is 0 Å². The van der Waals surface area contributed by atoms with Crippen LogP contribution in [-0.4, -0.2) is 50.0 Å². The molecule has 2 aliphatic rings. The SMILES string of the molecule is Cc1cc2oc(C3CC3)nc2cc1-c1ccc(C[C@@H](C(N)=O)N(c2ccc(-c3nnn[nH]3)cc2)C(=O)[C@H]2CC[C@H](CN)CC2)cc1.Cl. The second-order valence-electron chi connectivity index (χ2n) is 12.7. The van der Waals surface area contributed by atoms with E-state index in [4.69, 9.17) is 20.9 Å². The molecule has 1 atom stereocenters. The number of anilines is 1. The number of tetrazole rings is 1. The Morgan fingerprint density at radius 3 is 2.30 bits per heavy atom. The molecule has 2 fully saturated rings. The summed E-state index contributed by atoms with van der Waals surface area (Å²) in [5, 5.41) is 14.0. The molecule has 5 aromatic rings. The Morgan fingerprint density at radius 2 is 1.68 bits per heavy atom. The predicted molar refractivity (Wildman–Crippen MR) is 182 cm³/mol. The third-order valence-electron chi connectivity index (χ3n) is 9.54. The summed E-state index contributed by atoms with van der Waals surface area (Å²) in [6.45, 7) is 2.69. The van der Waals surface area contributed by atoms with Crippen LogP contribution in [0.4, 0.5) is 5.69 Å². The smallest absolute Gasteiger partial charge is 0.240 e. The minimum Gasteiger partial charge on any atom is -0.440 e. The van der Waals surface area contributed by atoms with E-state index < -0.39 is 11.9 Å². The Morgan fingerprint density at radius 1 is 0.979 bits per heavy atom. The average molecular weight is 655 g/mol. The van der Waals surface area contributed by atoms with E-state index in [1.165, 1.54) is 0 Å². The molecule has 12 heteroatoms. The number of aromatic amines is 1. The molecule has 2 amide bonds. The summed E-state index contributed by atoms with van der Waals surface area (Å²) in [7, 11) is 0. The van der Waals surface area contributed by atoms with Crippen LogP contribution in [0.1, 0.15) is 61.5 Å². The first-order valence-electron chi connectivity index (χ1n) is 16.0. The van der Waals surface area contributed by atoms with Gasteiger partial charge in [-0.15, -0.1) is 17.5 Å². The molecule has 0 unspecified atom stereocenters. The van der Waals surface area contributed by atoms with Gasteiger partial charge in [-0.25, -0.2) is 10.1 Å². The van der Waals surface area contributed by atoms with Gasteiger partial charge in [-0.3, -0.25) is 14.5 Å². The Hall–Kier alpha value is -4.61. The van der Waals surface area contributed by atoms with E-state index in [0.29, 0.717) is 29.9 Å². The van der Waals surface area contributed by atoms with Crippen LogP contribution in [0.2, 0.25) is 0 Å². The molecule has 2 aliphatic carbocycles. The monoisotopic (exact) mass is 654 g/mol. The molecule has 7 rings (SSSR count). The number of hydrogen-bond donors (Lipinski definition) is 3. The third kappa shape index (κ3) is 6.77. The van der Waals surface area contributed by atoms with Crippen molar-refractivity contribution in [3.8, 4) is 22.5 Å². The lowest BCUT2D eigenvalue weighted by molar-refractivity contribution is -0.127. The Kier molecular flexibility index (Phi) is 9.38. The zero-order valence-electron chi connectivity index (χ0n) is 26.3. The average Bonchev–Trinajstić information content (AvgIpc) is 3.61. The van der Waals surface area contributed by atoms with Crippen molar-refractivity contribution in [3.63, 3.8) is 0 Å². The van der Waals surface area contributed by atoms with Crippen LogP contribution in [0.5, 0.6) is 0 Å². The first-order valence-corrected chi connectivity index (χ1v) is 16.0. The number of nitrogens with one attached hydrogen (secondary N) is 1. The largest absolute Gasteiger partial charge is 0.440 e. The molecule has 0 radical (unpaired) electrons. The zero-order valence-corrected chi connectivity index (χ0v) is 27.1. The van der Waals surface area contributed by atoms with Gasteiger partial charge in [-0.05, 0) is 127 Å². The number of hydrogen-bond acceptors (Lipinski definition) is 8. The van der Waals surface area contributed by atoms with Gasteiger partial charge in [0.2, 0.25) is 11.8 Å². The molecule has 11 nitrogen and oxygen atoms in total. The Bertz CT molecular complexity index is 1840. The summed E-state index contributed by atoms with van der Waals surface area (Å²) in [4.78, 5) is 33.7. The van der Waals surface area contributed by atoms with Crippen molar-refractivity contribution in [2.45, 2.75) is 63.8 Å². The highest BCUT2D eigenvalue weighted by Crippen LogP contribution is 2.41. The van der Waals surface area contributed by atoms with Crippen LogP contribution in [-0.2, 0) is 16.0 Å². The van der Waals surface area contributed by atoms with Gasteiger partial charge in [0, 0.05) is 29.5 Å². The maximum absolute atomic E-state index is 14.2. The number of carbonyl (C=O) groups excluding carboxylic acids is 2. The number of nitrogens with two attached hydrogens (primary N) is 2. The first kappa shape index (κ1) is 32.3. The van der Waals surface area contributed by atoms with E-state index in [0.717, 1.165) is 83.3 Å². The van der Waals surface area contributed by atoms with Crippen LogP contribution >= 0.6 is 12.4 Å². The standard InChI is InChI=1S/C35H38N8O3.ClH/c1-20-16-31-29(38-34(46-31)25-10-11-25)18-28(20)23-6-2-21(3-7-23)17-30(32(37)44)43(35(45)26-8-4-22(19-36)5-9-26)27-14-12-24(13-15-27)33-39-41-42-40-33;/h2-3,6-7,12-16,18,22,25-26,30H,4-5,8-11,17,19,36H2,1H3,(H2,37,44)(H,39,40,41,42);1H/t22-,26-,30-;/m0./s1. The molecule has 0 aliphatic heterocycles. The van der Waals surface area contributed by atoms with Crippen molar-refractivity contribution in [2.75, 3.05) is 11.4 Å². The van der Waals surface area contributed by atoms with Gasteiger partial charge in [-0.2, -0.15) is 0 Å². The van der Waals surface area contributed by atoms with Gasteiger partial charge < -0.3 is 15.9 Å². The maximum atomic E-state index is 14.2. The Labute approximate surface area is 278 Å². The van der Waals surface area contributed by atoms with Crippen LogP contribution in [0.25, 0.3) is 33.6 Å². The molecule has 2 aromatic heterocycles. The molecule has 5 N–H and O–H groups in total. The summed E-state index contributed by atoms with van der Waals surface area (Å²) < 4.78 is 6.00. The molecule has 244 valence electrons. The van der Waals surface area contributed by atoms with E-state index >= 15 is 0 Å². The van der Waals surface area contributed by atoms with Crippen molar-refractivity contribution >= 4 is 41.0 Å². The molecular formula is C35H39ClN8O3. The lowest BCUT2D eigenvalue weighted by atomic mass is 9.81. The fraction of sp³-hybridized carbons (Fsp3) is 0.371. The Balaban J connectivity index is 0.00000386. The zero-order chi connectivity index (χ0) is 31.8. The number of primary amides is 1. The molecule has 2 heterocycles. The molecule has 0 bridgehead atoms. The van der Waals surface area contributed by atoms with Crippen molar-refractivity contribution < 1.29 is 14.0 Å². The minimum atomic E-state index is -0.877. The number of fused-ring (bicyclic) bond motifs is 1. The highest BCUT2D eigenvalue weighted by molar-refractivity contribution is 6.02. The molecule has 2 saturated carbocycles. The number of amides is 2. The van der Waals surface area contributed by atoms with Gasteiger partial charge in [0.1, 0.15) is 11.6 Å². The summed E-state index contributed by atoms with van der Waals surface area (Å²) in [6.07, 6.45) is 5.80. The van der Waals surface area contributed by atoms with Crippen molar-refractivity contribution in [2.24, 2.45) is 23.3 Å². The van der Waals surface area contributed by atoms with Crippen LogP contribution in [0.15, 0.2) is 65.1 Å². The van der Waals surface area contributed by atoms with Crippen LogP contribution in [0, 0.1) is 18.8 Å². The molecule has 0 spiro atoms. The fourth-order valence-corrected chi connectivity index (χ4v) is 6.64. The molecule has 3 aromatic carbocycles. The van der Waals surface area contributed by atoms with Gasteiger partial charge in [0.15, 0.2) is 17.3 Å². The molecule has 47 heavy (non-hydrogen) atoms. The van der Waals surface area contributed by atoms with E-state index in [9.17, 15) is 9.59 Å². The number of rotatable bonds is 10. The van der Waals surface area contributed by atoms with Crippen molar-refractivity contribution in [1.82, 2.24) is 25.6 Å². The number of oxazole rings is 1. The molecule has 0 saturated heterocycles. The number of carbonyl (C=O) groups is 2. The van der Waals surface area contributed by atoms with E-state index in [1.807, 2.05) is 48.5 Å². The van der Waals surface area contributed by atoms with Gasteiger partial charge in [-0.1, -0.05) is 24.3 Å². The number of halogens is 1. The number of benzene rings is 3. The third-order valence-corrected chi connectivity index (χ3v) is 9.54. The minimum absolute atomic E-state index is 0. The van der Waals surface area contributed by atoms with E-state index in [-0.39, 0.29) is 30.7 Å². The lowest BCUT2D eigenvalue weighted by Gasteiger charge is -2.35. The van der Waals surface area contributed by atoms with Crippen LogP contribution in [0.3, 0.4) is 0 Å². The summed E-state index contributed by atoms with van der Waals surface area (Å²) in [5.74, 6) is 1.35. The summed E-state index contributed by atoms with van der Waals surface area (Å²) >= 11 is 0. The summed E-state index contributed by atoms with van der Waals surface area (Å²) in [6, 6.07) is 18.6. The van der Waals surface area contributed by atoms with Crippen molar-refractivity contribution in [1.29, 1.82) is 0 Å². The maximum Gasteiger partial charge on any atom is 0.240 e. The van der Waals surface area contributed by atoms with E-state index in [2.05, 4.69) is 39.7 Å². The van der Waals surface area contributed by atoms with Crippen LogP contribution < -0.4 is 16.4 Å². The number of aryl methyl sites for hydroxylation is 1. The van der Waals surface area contributed by atoms with Gasteiger partial charge >= 0.3 is 0 Å². The highest BCUT2D eigenvalue weighted by Gasteiger charge is 2.36. The number of H-pyrrole nitrogens is 1. The fourth-order valence-electron chi connectivity index (χ4n) is 6.64. The molecular weight excluding hydrogens is 616 g/mol. The second kappa shape index (κ2) is 13.6. The number of nitrogens with zero attached hydrogens (tertiary/aromatic N) is 5. The second-order valence-corrected chi connectivity index (χ2v) is 12.7. The predicted octanol–water partition coefficient (Wildman–Crippen LogP) is 5.48. The highest BCUT2D eigenvalue weighted by atomic mass is 35.5. The van der Waals surface area contributed by atoms with Crippen molar-refractivity contribution in [3.05, 3.63) is 77.7 Å². The topological polar surface area (TPSA) is 170 Å². The lowest BCUT2D eigenvalue weighted by Crippen LogP contribution is -2.52. The van der Waals surface area contributed by atoms with Gasteiger partial charge in [0.25, 0.3) is 0 Å². The summed E-state index contributed by atoms with van der Waals surface area (Å²) in [5.41, 5.74) is 19.1. The quantitative estimate of drug-likeness (QED) is 0.178. The first-order chi connectivity index (χ1) is 22.4. The normalized spacial score (nSPS) is 18.4.